The first kappa shape index (κ1) is 33.0. The van der Waals surface area contributed by atoms with Crippen molar-refractivity contribution >= 4 is 32.9 Å². The molecule has 11 heteroatoms. The van der Waals surface area contributed by atoms with Crippen LogP contribution < -0.4 is 9.46 Å². The molecular weight excluding hydrogens is 592 g/mol. The van der Waals surface area contributed by atoms with Crippen molar-refractivity contribution in [1.82, 2.24) is 18.5 Å². The van der Waals surface area contributed by atoms with Gasteiger partial charge in [-0.05, 0) is 76.3 Å². The van der Waals surface area contributed by atoms with Crippen LogP contribution in [0.5, 0.6) is 5.75 Å². The highest BCUT2D eigenvalue weighted by molar-refractivity contribution is 7.87. The quantitative estimate of drug-likeness (QED) is 0.421. The van der Waals surface area contributed by atoms with E-state index in [9.17, 15) is 18.0 Å². The second-order valence-corrected chi connectivity index (χ2v) is 14.2. The first-order chi connectivity index (χ1) is 21.5. The van der Waals surface area contributed by atoms with E-state index in [1.807, 2.05) is 51.2 Å². The molecule has 244 valence electrons. The summed E-state index contributed by atoms with van der Waals surface area (Å²) >= 11 is 0. The van der Waals surface area contributed by atoms with E-state index in [2.05, 4.69) is 9.29 Å². The highest BCUT2D eigenvalue weighted by atomic mass is 32.2. The summed E-state index contributed by atoms with van der Waals surface area (Å²) in [5.41, 5.74) is 4.15. The van der Waals surface area contributed by atoms with Crippen LogP contribution in [0.25, 0.3) is 22.2 Å². The summed E-state index contributed by atoms with van der Waals surface area (Å²) in [5, 5.41) is 1.03. The Morgan fingerprint density at radius 2 is 1.62 bits per heavy atom. The summed E-state index contributed by atoms with van der Waals surface area (Å²) in [6, 6.07) is 12.7. The highest BCUT2D eigenvalue weighted by Crippen LogP contribution is 2.45. The van der Waals surface area contributed by atoms with Crippen LogP contribution in [0.2, 0.25) is 0 Å². The standard InChI is InChI=1S/C34H46N4O6S/c1-23(2)37-17-19-43-20-18-38(24(3)4)45(41,42)35-34(40)26-15-16-27-29(21-26)36(5)33(32(27)25-11-7-6-8-12-25)28-13-9-10-14-30(28)44-22-31(37)39/h9-10,13-16,21,23-25H,6-8,11-12,17-20,22H2,1-5H3,(H,35,40). The van der Waals surface area contributed by atoms with Crippen LogP contribution in [-0.4, -0.2) is 79.0 Å². The van der Waals surface area contributed by atoms with Crippen molar-refractivity contribution in [2.45, 2.75) is 77.8 Å². The fraction of sp³-hybridized carbons (Fsp3) is 0.529. The molecule has 1 N–H and O–H groups in total. The third kappa shape index (κ3) is 7.05. The predicted molar refractivity (Wildman–Crippen MR) is 176 cm³/mol. The molecule has 0 saturated heterocycles. The van der Waals surface area contributed by atoms with Crippen molar-refractivity contribution < 1.29 is 27.5 Å². The number of hydrogen-bond donors (Lipinski definition) is 1. The normalized spacial score (nSPS) is 19.7. The van der Waals surface area contributed by atoms with Gasteiger partial charge in [-0.1, -0.05) is 37.5 Å². The molecule has 1 fully saturated rings. The fourth-order valence-corrected chi connectivity index (χ4v) is 8.07. The number of benzene rings is 2. The van der Waals surface area contributed by atoms with Gasteiger partial charge in [0.15, 0.2) is 6.61 Å². The van der Waals surface area contributed by atoms with Crippen molar-refractivity contribution in [2.75, 3.05) is 32.9 Å². The highest BCUT2D eigenvalue weighted by Gasteiger charge is 2.30. The summed E-state index contributed by atoms with van der Waals surface area (Å²) in [5.74, 6) is 0.0987. The first-order valence-electron chi connectivity index (χ1n) is 16.0. The number of carbonyl (C=O) groups is 2. The molecule has 2 amide bonds. The van der Waals surface area contributed by atoms with Crippen molar-refractivity contribution in [3.63, 3.8) is 0 Å². The molecule has 1 aromatic heterocycles. The molecule has 2 heterocycles. The maximum atomic E-state index is 13.4. The van der Waals surface area contributed by atoms with Gasteiger partial charge in [0.25, 0.3) is 11.8 Å². The number of hydrogen-bond acceptors (Lipinski definition) is 6. The van der Waals surface area contributed by atoms with E-state index in [0.29, 0.717) is 18.2 Å². The van der Waals surface area contributed by atoms with E-state index >= 15 is 0 Å². The molecule has 3 aromatic rings. The number of rotatable bonds is 3. The summed E-state index contributed by atoms with van der Waals surface area (Å²) in [6.45, 7) is 8.01. The molecule has 1 saturated carbocycles. The smallest absolute Gasteiger partial charge is 0.304 e. The van der Waals surface area contributed by atoms with Crippen LogP contribution in [0.1, 0.15) is 81.6 Å². The Labute approximate surface area is 266 Å². The lowest BCUT2D eigenvalue weighted by Gasteiger charge is -2.28. The van der Waals surface area contributed by atoms with Crippen LogP contribution in [-0.2, 0) is 26.8 Å². The van der Waals surface area contributed by atoms with Gasteiger partial charge < -0.3 is 18.9 Å². The molecule has 0 unspecified atom stereocenters. The average Bonchev–Trinajstić information content (AvgIpc) is 3.30. The molecule has 10 nitrogen and oxygen atoms in total. The number of nitrogens with zero attached hydrogens (tertiary/aromatic N) is 3. The van der Waals surface area contributed by atoms with Crippen molar-refractivity contribution in [3.8, 4) is 17.0 Å². The zero-order chi connectivity index (χ0) is 32.3. The Bertz CT molecular complexity index is 1640. The average molecular weight is 639 g/mol. The number of fused-ring (bicyclic) bond motifs is 4. The minimum Gasteiger partial charge on any atom is -0.483 e. The van der Waals surface area contributed by atoms with Gasteiger partial charge in [0.05, 0.1) is 18.9 Å². The number of nitrogens with one attached hydrogen (secondary N) is 1. The van der Waals surface area contributed by atoms with E-state index in [1.165, 1.54) is 16.3 Å². The zero-order valence-corrected chi connectivity index (χ0v) is 27.9. The topological polar surface area (TPSA) is 110 Å². The fourth-order valence-electron chi connectivity index (χ4n) is 6.73. The first-order valence-corrected chi connectivity index (χ1v) is 17.5. The van der Waals surface area contributed by atoms with Crippen molar-refractivity contribution in [2.24, 2.45) is 7.05 Å². The van der Waals surface area contributed by atoms with Gasteiger partial charge in [-0.2, -0.15) is 12.7 Å². The van der Waals surface area contributed by atoms with Gasteiger partial charge in [0, 0.05) is 54.3 Å². The maximum Gasteiger partial charge on any atom is 0.304 e. The van der Waals surface area contributed by atoms with Gasteiger partial charge in [0.2, 0.25) is 0 Å². The number of ether oxygens (including phenoxy) is 2. The third-order valence-electron chi connectivity index (χ3n) is 8.99. The van der Waals surface area contributed by atoms with Crippen LogP contribution in [0, 0.1) is 0 Å². The van der Waals surface area contributed by atoms with E-state index in [-0.39, 0.29) is 43.9 Å². The van der Waals surface area contributed by atoms with Crippen molar-refractivity contribution in [3.05, 3.63) is 53.6 Å². The number of aromatic nitrogens is 1. The Hall–Kier alpha value is -3.41. The SMILES string of the molecule is CC(C)N1CCOCCN(C(C)C)S(=O)(=O)NC(=O)c2ccc3c(C4CCCCC4)c(n(C)c3c2)-c2ccccc2OCC1=O. The van der Waals surface area contributed by atoms with E-state index < -0.39 is 22.2 Å². The predicted octanol–water partition coefficient (Wildman–Crippen LogP) is 5.22. The molecule has 0 spiro atoms. The van der Waals surface area contributed by atoms with Crippen LogP contribution in [0.15, 0.2) is 42.5 Å². The van der Waals surface area contributed by atoms with Gasteiger partial charge in [0.1, 0.15) is 5.75 Å². The van der Waals surface area contributed by atoms with Gasteiger partial charge in [-0.15, -0.1) is 0 Å². The Morgan fingerprint density at radius 3 is 2.33 bits per heavy atom. The minimum absolute atomic E-state index is 0.0563. The second-order valence-electron chi connectivity index (χ2n) is 12.6. The van der Waals surface area contributed by atoms with Gasteiger partial charge in [-0.25, -0.2) is 4.72 Å². The largest absolute Gasteiger partial charge is 0.483 e. The number of carbonyl (C=O) groups excluding carboxylic acids is 2. The molecule has 2 aromatic carbocycles. The molecule has 3 bridgehead atoms. The van der Waals surface area contributed by atoms with Crippen LogP contribution >= 0.6 is 0 Å². The molecule has 1 aliphatic carbocycles. The van der Waals surface area contributed by atoms with E-state index in [1.54, 1.807) is 30.9 Å². The van der Waals surface area contributed by atoms with Crippen LogP contribution in [0.3, 0.4) is 0 Å². The summed E-state index contributed by atoms with van der Waals surface area (Å²) in [7, 11) is -2.19. The molecule has 2 aliphatic rings. The van der Waals surface area contributed by atoms with Crippen LogP contribution in [0.4, 0.5) is 0 Å². The summed E-state index contributed by atoms with van der Waals surface area (Å²) in [4.78, 5) is 28.6. The Balaban J connectivity index is 1.65. The number of para-hydroxylation sites is 1. The van der Waals surface area contributed by atoms with Gasteiger partial charge >= 0.3 is 10.2 Å². The molecule has 1 aliphatic heterocycles. The molecule has 45 heavy (non-hydrogen) atoms. The number of amides is 2. The molecular formula is C34H46N4O6S. The third-order valence-corrected chi connectivity index (χ3v) is 10.7. The summed E-state index contributed by atoms with van der Waals surface area (Å²) < 4.78 is 44.4. The Kier molecular flexibility index (Phi) is 10.2. The second kappa shape index (κ2) is 13.9. The summed E-state index contributed by atoms with van der Waals surface area (Å²) in [6.07, 6.45) is 5.62. The monoisotopic (exact) mass is 638 g/mol. The minimum atomic E-state index is -4.16. The van der Waals surface area contributed by atoms with Crippen molar-refractivity contribution in [1.29, 1.82) is 0 Å². The lowest BCUT2D eigenvalue weighted by atomic mass is 9.81. The lowest BCUT2D eigenvalue weighted by molar-refractivity contribution is -0.135. The van der Waals surface area contributed by atoms with E-state index in [0.717, 1.165) is 47.8 Å². The molecule has 0 radical (unpaired) electrons. The number of aryl methyl sites for hydroxylation is 1. The maximum absolute atomic E-state index is 13.4. The van der Waals surface area contributed by atoms with Gasteiger partial charge in [-0.3, -0.25) is 9.59 Å². The Morgan fingerprint density at radius 1 is 0.911 bits per heavy atom. The molecule has 0 atom stereocenters. The lowest BCUT2D eigenvalue weighted by Crippen LogP contribution is -2.48. The van der Waals surface area contributed by atoms with E-state index in [4.69, 9.17) is 9.47 Å². The molecule has 5 rings (SSSR count). The zero-order valence-electron chi connectivity index (χ0n) is 27.0.